The first kappa shape index (κ1) is 13.0. The second-order valence-electron chi connectivity index (χ2n) is 3.53. The fraction of sp³-hybridized carbons (Fsp3) is 0.0833. The normalized spacial score (nSPS) is 9.95. The van der Waals surface area contributed by atoms with Crippen LogP contribution in [0.1, 0.15) is 20.8 Å². The quantitative estimate of drug-likeness (QED) is 0.894. The molecule has 1 amide bonds. The van der Waals surface area contributed by atoms with Crippen LogP contribution in [0, 0.1) is 0 Å². The number of nitrogens with one attached hydrogen (secondary N) is 1. The summed E-state index contributed by atoms with van der Waals surface area (Å²) >= 11 is 1.06. The third-order valence-electron chi connectivity index (χ3n) is 2.30. The third-order valence-corrected chi connectivity index (χ3v) is 3.05. The molecule has 7 heteroatoms. The highest BCUT2D eigenvalue weighted by atomic mass is 32.1. The van der Waals surface area contributed by atoms with E-state index in [-0.39, 0.29) is 16.7 Å². The molecule has 0 aliphatic carbocycles. The Balaban J connectivity index is 2.08. The first-order chi connectivity index (χ1) is 9.10. The highest BCUT2D eigenvalue weighted by molar-refractivity contribution is 7.14. The first-order valence-corrected chi connectivity index (χ1v) is 6.12. The van der Waals surface area contributed by atoms with E-state index in [2.05, 4.69) is 10.3 Å². The van der Waals surface area contributed by atoms with E-state index in [1.807, 2.05) is 0 Å². The zero-order valence-corrected chi connectivity index (χ0v) is 10.7. The molecule has 98 valence electrons. The fourth-order valence-corrected chi connectivity index (χ4v) is 2.02. The molecule has 6 nitrogen and oxygen atoms in total. The summed E-state index contributed by atoms with van der Waals surface area (Å²) < 4.78 is 4.99. The Bertz CT molecular complexity index is 606. The number of amides is 1. The molecule has 2 aromatic rings. The molecule has 0 fully saturated rings. The van der Waals surface area contributed by atoms with E-state index in [1.54, 1.807) is 24.3 Å². The maximum absolute atomic E-state index is 11.9. The van der Waals surface area contributed by atoms with Crippen molar-refractivity contribution >= 4 is 28.3 Å². The number of rotatable bonds is 4. The molecular formula is C12H10N2O4S. The van der Waals surface area contributed by atoms with Crippen LogP contribution in [0.15, 0.2) is 29.6 Å². The molecule has 0 saturated heterocycles. The van der Waals surface area contributed by atoms with Gasteiger partial charge in [0.05, 0.1) is 7.11 Å². The van der Waals surface area contributed by atoms with Gasteiger partial charge in [0.2, 0.25) is 0 Å². The number of anilines is 1. The second-order valence-corrected chi connectivity index (χ2v) is 4.38. The molecule has 0 atom stereocenters. The molecule has 2 rings (SSSR count). The van der Waals surface area contributed by atoms with Gasteiger partial charge in [0.25, 0.3) is 5.91 Å². The summed E-state index contributed by atoms with van der Waals surface area (Å²) in [6.07, 6.45) is 0. The molecule has 0 aliphatic heterocycles. The number of carboxylic acids is 1. The largest absolute Gasteiger partial charge is 0.497 e. The molecule has 0 unspecified atom stereocenters. The van der Waals surface area contributed by atoms with E-state index in [0.717, 1.165) is 11.3 Å². The van der Waals surface area contributed by atoms with Gasteiger partial charge in [0, 0.05) is 10.9 Å². The molecule has 0 spiro atoms. The Kier molecular flexibility index (Phi) is 3.76. The minimum absolute atomic E-state index is 0.0879. The lowest BCUT2D eigenvalue weighted by atomic mass is 10.2. The van der Waals surface area contributed by atoms with Gasteiger partial charge in [-0.05, 0) is 24.3 Å². The van der Waals surface area contributed by atoms with Crippen molar-refractivity contribution in [2.45, 2.75) is 0 Å². The summed E-state index contributed by atoms with van der Waals surface area (Å²) in [4.78, 5) is 26.3. The Morgan fingerprint density at radius 1 is 1.32 bits per heavy atom. The SMILES string of the molecule is COc1ccc(C(=O)Nc2nc(C(=O)O)cs2)cc1. The van der Waals surface area contributed by atoms with Gasteiger partial charge in [0.1, 0.15) is 5.75 Å². The van der Waals surface area contributed by atoms with E-state index < -0.39 is 5.97 Å². The van der Waals surface area contributed by atoms with Gasteiger partial charge in [0.15, 0.2) is 10.8 Å². The number of hydrogen-bond donors (Lipinski definition) is 2. The zero-order valence-electron chi connectivity index (χ0n) is 9.91. The summed E-state index contributed by atoms with van der Waals surface area (Å²) in [5.41, 5.74) is 0.350. The number of carbonyl (C=O) groups excluding carboxylic acids is 1. The molecule has 1 heterocycles. The summed E-state index contributed by atoms with van der Waals surface area (Å²) in [6, 6.07) is 6.55. The number of hydrogen-bond acceptors (Lipinski definition) is 5. The lowest BCUT2D eigenvalue weighted by Gasteiger charge is -2.03. The van der Waals surface area contributed by atoms with E-state index in [9.17, 15) is 9.59 Å². The van der Waals surface area contributed by atoms with Crippen LogP contribution in [0.25, 0.3) is 0 Å². The number of carboxylic acid groups (broad SMARTS) is 1. The van der Waals surface area contributed by atoms with Crippen molar-refractivity contribution in [2.75, 3.05) is 12.4 Å². The van der Waals surface area contributed by atoms with Gasteiger partial charge in [-0.15, -0.1) is 11.3 Å². The van der Waals surface area contributed by atoms with Crippen LogP contribution in [0.5, 0.6) is 5.75 Å². The van der Waals surface area contributed by atoms with Crippen LogP contribution >= 0.6 is 11.3 Å². The number of aromatic nitrogens is 1. The van der Waals surface area contributed by atoms with Gasteiger partial charge in [-0.3, -0.25) is 10.1 Å². The summed E-state index contributed by atoms with van der Waals surface area (Å²) in [7, 11) is 1.54. The number of nitrogens with zero attached hydrogens (tertiary/aromatic N) is 1. The molecule has 0 bridgehead atoms. The van der Waals surface area contributed by atoms with E-state index >= 15 is 0 Å². The third kappa shape index (κ3) is 3.08. The number of methoxy groups -OCH3 is 1. The van der Waals surface area contributed by atoms with Crippen LogP contribution in [-0.2, 0) is 0 Å². The van der Waals surface area contributed by atoms with Crippen molar-refractivity contribution < 1.29 is 19.4 Å². The number of aromatic carboxylic acids is 1. The topological polar surface area (TPSA) is 88.5 Å². The van der Waals surface area contributed by atoms with E-state index in [0.29, 0.717) is 11.3 Å². The van der Waals surface area contributed by atoms with Crippen LogP contribution < -0.4 is 10.1 Å². The maximum Gasteiger partial charge on any atom is 0.355 e. The van der Waals surface area contributed by atoms with Crippen molar-refractivity contribution in [3.05, 3.63) is 40.9 Å². The highest BCUT2D eigenvalue weighted by Gasteiger charge is 2.12. The van der Waals surface area contributed by atoms with Crippen molar-refractivity contribution in [1.82, 2.24) is 4.98 Å². The lowest BCUT2D eigenvalue weighted by molar-refractivity contribution is 0.0691. The number of ether oxygens (including phenoxy) is 1. The van der Waals surface area contributed by atoms with Crippen LogP contribution in [0.2, 0.25) is 0 Å². The highest BCUT2D eigenvalue weighted by Crippen LogP contribution is 2.17. The standard InChI is InChI=1S/C12H10N2O4S/c1-18-8-4-2-7(3-5-8)10(15)14-12-13-9(6-19-12)11(16)17/h2-6H,1H3,(H,16,17)(H,13,14,15). The van der Waals surface area contributed by atoms with Crippen LogP contribution in [0.3, 0.4) is 0 Å². The Morgan fingerprint density at radius 3 is 2.53 bits per heavy atom. The van der Waals surface area contributed by atoms with Gasteiger partial charge in [-0.1, -0.05) is 0 Å². The average Bonchev–Trinajstić information content (AvgIpc) is 2.87. The second kappa shape index (κ2) is 5.49. The molecular weight excluding hydrogens is 268 g/mol. The molecule has 2 N–H and O–H groups in total. The number of benzene rings is 1. The summed E-state index contributed by atoms with van der Waals surface area (Å²) in [5, 5.41) is 12.9. The minimum atomic E-state index is -1.12. The summed E-state index contributed by atoms with van der Waals surface area (Å²) in [5.74, 6) is -0.825. The number of carbonyl (C=O) groups is 2. The van der Waals surface area contributed by atoms with Crippen molar-refractivity contribution in [1.29, 1.82) is 0 Å². The molecule has 0 saturated carbocycles. The predicted molar refractivity (Wildman–Crippen MR) is 70.0 cm³/mol. The average molecular weight is 278 g/mol. The van der Waals surface area contributed by atoms with Gasteiger partial charge in [-0.2, -0.15) is 0 Å². The number of thiazole rings is 1. The molecule has 1 aromatic heterocycles. The molecule has 0 aliphatic rings. The van der Waals surface area contributed by atoms with Crippen molar-refractivity contribution in [2.24, 2.45) is 0 Å². The minimum Gasteiger partial charge on any atom is -0.497 e. The lowest BCUT2D eigenvalue weighted by Crippen LogP contribution is -2.11. The summed E-state index contributed by atoms with van der Waals surface area (Å²) in [6.45, 7) is 0. The predicted octanol–water partition coefficient (Wildman–Crippen LogP) is 2.10. The van der Waals surface area contributed by atoms with Crippen LogP contribution in [0.4, 0.5) is 5.13 Å². The first-order valence-electron chi connectivity index (χ1n) is 5.24. The monoisotopic (exact) mass is 278 g/mol. The van der Waals surface area contributed by atoms with E-state index in [4.69, 9.17) is 9.84 Å². The van der Waals surface area contributed by atoms with Gasteiger partial charge in [-0.25, -0.2) is 9.78 Å². The van der Waals surface area contributed by atoms with E-state index in [1.165, 1.54) is 12.5 Å². The smallest absolute Gasteiger partial charge is 0.355 e. The molecule has 0 radical (unpaired) electrons. The van der Waals surface area contributed by atoms with Crippen molar-refractivity contribution in [3.63, 3.8) is 0 Å². The Morgan fingerprint density at radius 2 is 2.00 bits per heavy atom. The maximum atomic E-state index is 11.9. The molecule has 19 heavy (non-hydrogen) atoms. The Labute approximate surface area is 112 Å². The fourth-order valence-electron chi connectivity index (χ4n) is 1.34. The van der Waals surface area contributed by atoms with Crippen LogP contribution in [-0.4, -0.2) is 29.1 Å². The van der Waals surface area contributed by atoms with Gasteiger partial charge >= 0.3 is 5.97 Å². The molecule has 1 aromatic carbocycles. The van der Waals surface area contributed by atoms with Crippen molar-refractivity contribution in [3.8, 4) is 5.75 Å². The zero-order chi connectivity index (χ0) is 13.8. The van der Waals surface area contributed by atoms with Gasteiger partial charge < -0.3 is 9.84 Å². The Hall–Kier alpha value is -2.41.